The van der Waals surface area contributed by atoms with E-state index in [-0.39, 0.29) is 11.4 Å². The molecule has 1 heterocycles. The van der Waals surface area contributed by atoms with Crippen molar-refractivity contribution < 1.29 is 9.53 Å². The van der Waals surface area contributed by atoms with Gasteiger partial charge in [0.2, 0.25) is 5.82 Å². The maximum Gasteiger partial charge on any atom is 0.376 e. The summed E-state index contributed by atoms with van der Waals surface area (Å²) in [7, 11) is 1.31. The number of anilines is 1. The lowest BCUT2D eigenvalue weighted by Gasteiger charge is -2.26. The molecular weight excluding hydrogens is 218 g/mol. The van der Waals surface area contributed by atoms with Crippen molar-refractivity contribution in [2.24, 2.45) is 0 Å². The summed E-state index contributed by atoms with van der Waals surface area (Å²) < 4.78 is 4.58. The van der Waals surface area contributed by atoms with Crippen LogP contribution in [-0.2, 0) is 4.74 Å². The summed E-state index contributed by atoms with van der Waals surface area (Å²) >= 11 is 0. The highest BCUT2D eigenvalue weighted by Gasteiger charge is 2.17. The molecule has 5 heteroatoms. The molecule has 0 bridgehead atoms. The molecule has 0 aliphatic carbocycles. The molecule has 0 spiro atoms. The van der Waals surface area contributed by atoms with Gasteiger partial charge in [-0.15, -0.1) is 0 Å². The Labute approximate surface area is 102 Å². The van der Waals surface area contributed by atoms with E-state index in [2.05, 4.69) is 40.8 Å². The molecule has 0 saturated carbocycles. The Kier molecular flexibility index (Phi) is 4.43. The predicted octanol–water partition coefficient (Wildman–Crippen LogP) is 2.25. The van der Waals surface area contributed by atoms with Crippen LogP contribution in [0.25, 0.3) is 0 Å². The van der Waals surface area contributed by atoms with Gasteiger partial charge >= 0.3 is 5.97 Å². The highest BCUT2D eigenvalue weighted by atomic mass is 16.5. The molecule has 0 aromatic carbocycles. The minimum Gasteiger partial charge on any atom is -0.463 e. The summed E-state index contributed by atoms with van der Waals surface area (Å²) in [6.45, 7) is 6.32. The summed E-state index contributed by atoms with van der Waals surface area (Å²) in [5, 5.41) is 3.28. The van der Waals surface area contributed by atoms with Crippen LogP contribution >= 0.6 is 0 Å². The van der Waals surface area contributed by atoms with Gasteiger partial charge in [0.15, 0.2) is 0 Å². The number of carbonyl (C=O) groups excluding carboxylic acids is 1. The Morgan fingerprint density at radius 3 is 2.82 bits per heavy atom. The zero-order valence-corrected chi connectivity index (χ0v) is 10.8. The van der Waals surface area contributed by atoms with Crippen LogP contribution in [0.2, 0.25) is 0 Å². The van der Waals surface area contributed by atoms with E-state index in [4.69, 9.17) is 0 Å². The average Bonchev–Trinajstić information content (AvgIpc) is 2.27. The smallest absolute Gasteiger partial charge is 0.376 e. The first-order valence-electron chi connectivity index (χ1n) is 5.68. The second-order valence-electron chi connectivity index (χ2n) is 4.52. The topological polar surface area (TPSA) is 64.1 Å². The highest BCUT2D eigenvalue weighted by Crippen LogP contribution is 2.17. The highest BCUT2D eigenvalue weighted by molar-refractivity contribution is 5.85. The molecule has 0 atom stereocenters. The Morgan fingerprint density at radius 2 is 2.24 bits per heavy atom. The van der Waals surface area contributed by atoms with E-state index in [9.17, 15) is 4.79 Å². The SMILES string of the molecule is CCCC(C)(C)Nc1ccnc(C(=O)OC)n1. The van der Waals surface area contributed by atoms with Crippen molar-refractivity contribution >= 4 is 11.8 Å². The summed E-state index contributed by atoms with van der Waals surface area (Å²) in [6.07, 6.45) is 3.64. The number of ether oxygens (including phenoxy) is 1. The first-order chi connectivity index (χ1) is 7.98. The van der Waals surface area contributed by atoms with Gasteiger partial charge in [0, 0.05) is 11.7 Å². The number of hydrogen-bond acceptors (Lipinski definition) is 5. The standard InChI is InChI=1S/C12H19N3O2/c1-5-7-12(2,3)15-9-6-8-13-10(14-9)11(16)17-4/h6,8H,5,7H2,1-4H3,(H,13,14,15). The van der Waals surface area contributed by atoms with Crippen molar-refractivity contribution in [3.05, 3.63) is 18.1 Å². The van der Waals surface area contributed by atoms with Crippen molar-refractivity contribution in [1.82, 2.24) is 9.97 Å². The van der Waals surface area contributed by atoms with E-state index in [1.807, 2.05) is 0 Å². The number of carbonyl (C=O) groups is 1. The zero-order valence-electron chi connectivity index (χ0n) is 10.8. The lowest BCUT2D eigenvalue weighted by Crippen LogP contribution is -2.31. The zero-order chi connectivity index (χ0) is 12.9. The molecule has 1 rings (SSSR count). The van der Waals surface area contributed by atoms with Crippen LogP contribution in [0, 0.1) is 0 Å². The lowest BCUT2D eigenvalue weighted by molar-refractivity contribution is 0.0587. The molecule has 94 valence electrons. The van der Waals surface area contributed by atoms with Gasteiger partial charge in [-0.2, -0.15) is 0 Å². The van der Waals surface area contributed by atoms with Crippen molar-refractivity contribution in [2.45, 2.75) is 39.2 Å². The fourth-order valence-corrected chi connectivity index (χ4v) is 1.65. The fraction of sp³-hybridized carbons (Fsp3) is 0.583. The van der Waals surface area contributed by atoms with Crippen molar-refractivity contribution in [2.75, 3.05) is 12.4 Å². The van der Waals surface area contributed by atoms with Gasteiger partial charge in [0.1, 0.15) is 5.82 Å². The summed E-state index contributed by atoms with van der Waals surface area (Å²) in [5.74, 6) is 0.186. The Hall–Kier alpha value is -1.65. The molecule has 1 aromatic heterocycles. The number of nitrogens with zero attached hydrogens (tertiary/aromatic N) is 2. The minimum absolute atomic E-state index is 0.0590. The van der Waals surface area contributed by atoms with Crippen LogP contribution in [0.15, 0.2) is 12.3 Å². The number of esters is 1. The lowest BCUT2D eigenvalue weighted by atomic mass is 9.99. The fourth-order valence-electron chi connectivity index (χ4n) is 1.65. The number of nitrogens with one attached hydrogen (secondary N) is 1. The van der Waals surface area contributed by atoms with Gasteiger partial charge in [-0.25, -0.2) is 14.8 Å². The van der Waals surface area contributed by atoms with Gasteiger partial charge in [-0.05, 0) is 26.3 Å². The van der Waals surface area contributed by atoms with Gasteiger partial charge in [0.05, 0.1) is 7.11 Å². The van der Waals surface area contributed by atoms with Crippen LogP contribution in [0.3, 0.4) is 0 Å². The molecule has 0 radical (unpaired) electrons. The van der Waals surface area contributed by atoms with Crippen LogP contribution in [-0.4, -0.2) is 28.6 Å². The molecular formula is C12H19N3O2. The Morgan fingerprint density at radius 1 is 1.53 bits per heavy atom. The Balaban J connectivity index is 2.82. The Bertz CT molecular complexity index is 391. The van der Waals surface area contributed by atoms with E-state index in [0.29, 0.717) is 5.82 Å². The van der Waals surface area contributed by atoms with Crippen molar-refractivity contribution in [1.29, 1.82) is 0 Å². The summed E-state index contributed by atoms with van der Waals surface area (Å²) in [4.78, 5) is 19.3. The quantitative estimate of drug-likeness (QED) is 0.796. The maximum absolute atomic E-state index is 11.3. The third kappa shape index (κ3) is 4.01. The predicted molar refractivity (Wildman–Crippen MR) is 66.0 cm³/mol. The van der Waals surface area contributed by atoms with E-state index < -0.39 is 5.97 Å². The van der Waals surface area contributed by atoms with Crippen LogP contribution in [0.4, 0.5) is 5.82 Å². The minimum atomic E-state index is -0.526. The van der Waals surface area contributed by atoms with Gasteiger partial charge in [-0.1, -0.05) is 13.3 Å². The molecule has 0 fully saturated rings. The average molecular weight is 237 g/mol. The van der Waals surface area contributed by atoms with Crippen LogP contribution in [0.1, 0.15) is 44.2 Å². The molecule has 17 heavy (non-hydrogen) atoms. The third-order valence-corrected chi connectivity index (χ3v) is 2.37. The first kappa shape index (κ1) is 13.4. The molecule has 0 unspecified atom stereocenters. The summed E-state index contributed by atoms with van der Waals surface area (Å²) in [5.41, 5.74) is -0.0590. The number of methoxy groups -OCH3 is 1. The molecule has 0 aliphatic rings. The van der Waals surface area contributed by atoms with E-state index in [0.717, 1.165) is 12.8 Å². The van der Waals surface area contributed by atoms with E-state index in [1.165, 1.54) is 7.11 Å². The second kappa shape index (κ2) is 5.61. The second-order valence-corrected chi connectivity index (χ2v) is 4.52. The van der Waals surface area contributed by atoms with Crippen LogP contribution in [0.5, 0.6) is 0 Å². The number of rotatable bonds is 5. The van der Waals surface area contributed by atoms with Crippen molar-refractivity contribution in [3.8, 4) is 0 Å². The molecule has 0 saturated heterocycles. The van der Waals surface area contributed by atoms with Crippen molar-refractivity contribution in [3.63, 3.8) is 0 Å². The van der Waals surface area contributed by atoms with Crippen LogP contribution < -0.4 is 5.32 Å². The molecule has 1 aromatic rings. The molecule has 0 amide bonds. The van der Waals surface area contributed by atoms with Gasteiger partial charge in [0.25, 0.3) is 0 Å². The van der Waals surface area contributed by atoms with E-state index in [1.54, 1.807) is 12.3 Å². The van der Waals surface area contributed by atoms with Gasteiger partial charge in [-0.3, -0.25) is 0 Å². The summed E-state index contributed by atoms with van der Waals surface area (Å²) in [6, 6.07) is 1.74. The van der Waals surface area contributed by atoms with E-state index >= 15 is 0 Å². The molecule has 5 nitrogen and oxygen atoms in total. The third-order valence-electron chi connectivity index (χ3n) is 2.37. The largest absolute Gasteiger partial charge is 0.463 e. The van der Waals surface area contributed by atoms with Gasteiger partial charge < -0.3 is 10.1 Å². The monoisotopic (exact) mass is 237 g/mol. The maximum atomic E-state index is 11.3. The number of aromatic nitrogens is 2. The number of hydrogen-bond donors (Lipinski definition) is 1. The molecule has 1 N–H and O–H groups in total. The first-order valence-corrected chi connectivity index (χ1v) is 5.68. The normalized spacial score (nSPS) is 11.1. The molecule has 0 aliphatic heterocycles.